The molecule has 8 heteroatoms. The van der Waals surface area contributed by atoms with Crippen molar-refractivity contribution < 1.29 is 22.8 Å². The lowest BCUT2D eigenvalue weighted by Gasteiger charge is -2.39. The van der Waals surface area contributed by atoms with Crippen LogP contribution in [-0.4, -0.2) is 23.4 Å². The number of halogens is 3. The van der Waals surface area contributed by atoms with Crippen molar-refractivity contribution in [3.05, 3.63) is 101 Å². The summed E-state index contributed by atoms with van der Waals surface area (Å²) in [6, 6.07) is 21.5. The van der Waals surface area contributed by atoms with E-state index in [-0.39, 0.29) is 31.1 Å². The number of urea groups is 1. The second-order valence-corrected chi connectivity index (χ2v) is 9.07. The molecule has 3 aromatic carbocycles. The SMILES string of the molecule is Cc1cccc(C2CCC(C(=O)NCc3cccc(C(F)(F)F)c3)CN2C(=O)Nc2ccccc2)c1. The molecule has 1 aliphatic heterocycles. The van der Waals surface area contributed by atoms with Crippen LogP contribution in [0, 0.1) is 12.8 Å². The third-order valence-electron chi connectivity index (χ3n) is 6.39. The number of piperidine rings is 1. The van der Waals surface area contributed by atoms with E-state index in [2.05, 4.69) is 10.6 Å². The van der Waals surface area contributed by atoms with Gasteiger partial charge in [-0.1, -0.05) is 60.2 Å². The van der Waals surface area contributed by atoms with E-state index in [1.54, 1.807) is 23.1 Å². The summed E-state index contributed by atoms with van der Waals surface area (Å²) < 4.78 is 39.0. The van der Waals surface area contributed by atoms with Gasteiger partial charge in [0, 0.05) is 18.8 Å². The summed E-state index contributed by atoms with van der Waals surface area (Å²) in [5.74, 6) is -0.758. The van der Waals surface area contributed by atoms with Gasteiger partial charge in [0.25, 0.3) is 0 Å². The molecule has 0 bridgehead atoms. The van der Waals surface area contributed by atoms with Gasteiger partial charge in [-0.3, -0.25) is 4.79 Å². The number of hydrogen-bond acceptors (Lipinski definition) is 2. The van der Waals surface area contributed by atoms with Gasteiger partial charge in [-0.2, -0.15) is 13.2 Å². The number of benzene rings is 3. The molecule has 0 radical (unpaired) electrons. The van der Waals surface area contributed by atoms with Crippen molar-refractivity contribution in [3.8, 4) is 0 Å². The van der Waals surface area contributed by atoms with Gasteiger partial charge in [-0.15, -0.1) is 0 Å². The average Bonchev–Trinajstić information content (AvgIpc) is 2.87. The zero-order chi connectivity index (χ0) is 25.7. The molecule has 3 aromatic rings. The van der Waals surface area contributed by atoms with Crippen molar-refractivity contribution >= 4 is 17.6 Å². The van der Waals surface area contributed by atoms with Gasteiger partial charge >= 0.3 is 12.2 Å². The van der Waals surface area contributed by atoms with Crippen LogP contribution in [0.1, 0.15) is 41.1 Å². The third kappa shape index (κ3) is 6.24. The van der Waals surface area contributed by atoms with Gasteiger partial charge in [0.2, 0.25) is 5.91 Å². The Morgan fingerprint density at radius 1 is 0.944 bits per heavy atom. The molecule has 1 heterocycles. The highest BCUT2D eigenvalue weighted by Gasteiger charge is 2.36. The Morgan fingerprint density at radius 2 is 1.69 bits per heavy atom. The summed E-state index contributed by atoms with van der Waals surface area (Å²) in [7, 11) is 0. The average molecular weight is 496 g/mol. The van der Waals surface area contributed by atoms with E-state index in [1.807, 2.05) is 49.4 Å². The maximum atomic E-state index is 13.3. The first-order chi connectivity index (χ1) is 17.2. The van der Waals surface area contributed by atoms with Gasteiger partial charge in [0.15, 0.2) is 0 Å². The van der Waals surface area contributed by atoms with Crippen LogP contribution in [0.5, 0.6) is 0 Å². The Balaban J connectivity index is 1.47. The van der Waals surface area contributed by atoms with E-state index < -0.39 is 17.7 Å². The summed E-state index contributed by atoms with van der Waals surface area (Å²) in [5.41, 5.74) is 2.35. The first kappa shape index (κ1) is 25.3. The second-order valence-electron chi connectivity index (χ2n) is 9.07. The van der Waals surface area contributed by atoms with E-state index in [9.17, 15) is 22.8 Å². The minimum absolute atomic E-state index is 0.0171. The van der Waals surface area contributed by atoms with Gasteiger partial charge in [0.1, 0.15) is 0 Å². The number of anilines is 1. The Bertz CT molecular complexity index is 1210. The molecule has 5 nitrogen and oxygen atoms in total. The Labute approximate surface area is 208 Å². The molecule has 188 valence electrons. The Hall–Kier alpha value is -3.81. The van der Waals surface area contributed by atoms with Crippen LogP contribution >= 0.6 is 0 Å². The lowest BCUT2D eigenvalue weighted by Crippen LogP contribution is -2.48. The number of alkyl halides is 3. The number of nitrogens with zero attached hydrogens (tertiary/aromatic N) is 1. The van der Waals surface area contributed by atoms with Gasteiger partial charge in [-0.25, -0.2) is 4.79 Å². The van der Waals surface area contributed by atoms with Crippen LogP contribution in [0.15, 0.2) is 78.9 Å². The zero-order valence-corrected chi connectivity index (χ0v) is 19.9. The minimum Gasteiger partial charge on any atom is -0.352 e. The molecule has 4 rings (SSSR count). The van der Waals surface area contributed by atoms with Crippen LogP contribution in [0.2, 0.25) is 0 Å². The van der Waals surface area contributed by atoms with E-state index >= 15 is 0 Å². The monoisotopic (exact) mass is 495 g/mol. The first-order valence-corrected chi connectivity index (χ1v) is 11.8. The van der Waals surface area contributed by atoms with Crippen molar-refractivity contribution in [1.82, 2.24) is 10.2 Å². The van der Waals surface area contributed by atoms with Crippen molar-refractivity contribution in [2.24, 2.45) is 5.92 Å². The Kier molecular flexibility index (Phi) is 7.62. The van der Waals surface area contributed by atoms with Crippen molar-refractivity contribution in [2.45, 2.75) is 38.5 Å². The molecule has 0 spiro atoms. The first-order valence-electron chi connectivity index (χ1n) is 11.8. The number of rotatable bonds is 5. The van der Waals surface area contributed by atoms with Gasteiger partial charge in [0.05, 0.1) is 17.5 Å². The molecule has 1 aliphatic rings. The highest BCUT2D eigenvalue weighted by Crippen LogP contribution is 2.35. The molecule has 2 N–H and O–H groups in total. The smallest absolute Gasteiger partial charge is 0.352 e. The number of para-hydroxylation sites is 1. The normalized spacial score (nSPS) is 17.9. The van der Waals surface area contributed by atoms with E-state index in [1.165, 1.54) is 6.07 Å². The fraction of sp³-hybridized carbons (Fsp3) is 0.286. The van der Waals surface area contributed by atoms with Crippen molar-refractivity contribution in [3.63, 3.8) is 0 Å². The molecular weight excluding hydrogens is 467 g/mol. The van der Waals surface area contributed by atoms with E-state index in [4.69, 9.17) is 0 Å². The van der Waals surface area contributed by atoms with E-state index in [0.29, 0.717) is 24.1 Å². The number of aryl methyl sites for hydroxylation is 1. The molecule has 0 aromatic heterocycles. The molecule has 2 atom stereocenters. The number of carbonyl (C=O) groups is 2. The topological polar surface area (TPSA) is 61.4 Å². The summed E-state index contributed by atoms with van der Waals surface area (Å²) in [6.45, 7) is 2.17. The van der Waals surface area contributed by atoms with Crippen LogP contribution in [0.4, 0.5) is 23.7 Å². The highest BCUT2D eigenvalue weighted by molar-refractivity contribution is 5.90. The van der Waals surface area contributed by atoms with Gasteiger partial charge < -0.3 is 15.5 Å². The highest BCUT2D eigenvalue weighted by atomic mass is 19.4. The van der Waals surface area contributed by atoms with E-state index in [0.717, 1.165) is 23.3 Å². The van der Waals surface area contributed by atoms with Gasteiger partial charge in [-0.05, 0) is 55.2 Å². The predicted molar refractivity (Wildman–Crippen MR) is 132 cm³/mol. The zero-order valence-electron chi connectivity index (χ0n) is 19.9. The predicted octanol–water partition coefficient (Wildman–Crippen LogP) is 6.32. The molecular formula is C28H28F3N3O2. The molecule has 3 amide bonds. The number of amides is 3. The maximum absolute atomic E-state index is 13.3. The standard InChI is InChI=1S/C28H28F3N3O2/c1-19-7-5-9-21(15-19)25-14-13-22(18-34(25)27(36)33-24-11-3-2-4-12-24)26(35)32-17-20-8-6-10-23(16-20)28(29,30)31/h2-12,15-16,22,25H,13-14,17-18H2,1H3,(H,32,35)(H,33,36). The lowest BCUT2D eigenvalue weighted by molar-refractivity contribution is -0.137. The van der Waals surface area contributed by atoms with Crippen molar-refractivity contribution in [1.29, 1.82) is 0 Å². The fourth-order valence-electron chi connectivity index (χ4n) is 4.54. The fourth-order valence-corrected chi connectivity index (χ4v) is 4.54. The van der Waals surface area contributed by atoms with Crippen LogP contribution < -0.4 is 10.6 Å². The van der Waals surface area contributed by atoms with Crippen LogP contribution in [0.25, 0.3) is 0 Å². The summed E-state index contributed by atoms with van der Waals surface area (Å²) in [6.07, 6.45) is -3.30. The quantitative estimate of drug-likeness (QED) is 0.435. The number of nitrogens with one attached hydrogen (secondary N) is 2. The summed E-state index contributed by atoms with van der Waals surface area (Å²) in [4.78, 5) is 28.0. The molecule has 1 saturated heterocycles. The largest absolute Gasteiger partial charge is 0.416 e. The molecule has 1 fully saturated rings. The second kappa shape index (κ2) is 10.8. The van der Waals surface area contributed by atoms with Crippen molar-refractivity contribution in [2.75, 3.05) is 11.9 Å². The number of carbonyl (C=O) groups excluding carboxylic acids is 2. The maximum Gasteiger partial charge on any atom is 0.416 e. The summed E-state index contributed by atoms with van der Waals surface area (Å²) in [5, 5.41) is 5.67. The summed E-state index contributed by atoms with van der Waals surface area (Å²) >= 11 is 0. The van der Waals surface area contributed by atoms with Crippen LogP contribution in [0.3, 0.4) is 0 Å². The third-order valence-corrected chi connectivity index (χ3v) is 6.39. The molecule has 36 heavy (non-hydrogen) atoms. The minimum atomic E-state index is -4.44. The Morgan fingerprint density at radius 3 is 2.42 bits per heavy atom. The van der Waals surface area contributed by atoms with Crippen LogP contribution in [-0.2, 0) is 17.5 Å². The number of hydrogen-bond donors (Lipinski definition) is 2. The lowest BCUT2D eigenvalue weighted by atomic mass is 9.88. The molecule has 2 unspecified atom stereocenters. The molecule has 0 saturated carbocycles. The number of likely N-dealkylation sites (tertiary alicyclic amines) is 1. The molecule has 0 aliphatic carbocycles.